The summed E-state index contributed by atoms with van der Waals surface area (Å²) in [6, 6.07) is 6.49. The zero-order valence-corrected chi connectivity index (χ0v) is 13.3. The van der Waals surface area contributed by atoms with Crippen LogP contribution in [0.3, 0.4) is 0 Å². The standard InChI is InChI=1S/C14H23BrN2O/c1-11(16-2)13-7-6-12(15)10-14(13)18-9-5-8-17(3)4/h6-7,10-11,16H,5,8-9H2,1-4H3. The van der Waals surface area contributed by atoms with Crippen LogP contribution in [0.25, 0.3) is 0 Å². The van der Waals surface area contributed by atoms with E-state index in [1.165, 1.54) is 5.56 Å². The monoisotopic (exact) mass is 314 g/mol. The number of hydrogen-bond acceptors (Lipinski definition) is 3. The lowest BCUT2D eigenvalue weighted by molar-refractivity contribution is 0.277. The van der Waals surface area contributed by atoms with Crippen LogP contribution in [0.2, 0.25) is 0 Å². The summed E-state index contributed by atoms with van der Waals surface area (Å²) < 4.78 is 6.95. The maximum absolute atomic E-state index is 5.89. The van der Waals surface area contributed by atoms with Gasteiger partial charge in [0.25, 0.3) is 0 Å². The molecule has 0 spiro atoms. The van der Waals surface area contributed by atoms with Gasteiger partial charge in [-0.1, -0.05) is 22.0 Å². The van der Waals surface area contributed by atoms with Crippen LogP contribution < -0.4 is 10.1 Å². The summed E-state index contributed by atoms with van der Waals surface area (Å²) in [6.45, 7) is 3.93. The summed E-state index contributed by atoms with van der Waals surface area (Å²) in [6.07, 6.45) is 1.03. The molecule has 18 heavy (non-hydrogen) atoms. The summed E-state index contributed by atoms with van der Waals surface area (Å²) in [7, 11) is 6.11. The van der Waals surface area contributed by atoms with E-state index in [9.17, 15) is 0 Å². The third-order valence-electron chi connectivity index (χ3n) is 2.88. The van der Waals surface area contributed by atoms with E-state index in [1.54, 1.807) is 0 Å². The quantitative estimate of drug-likeness (QED) is 0.783. The highest BCUT2D eigenvalue weighted by molar-refractivity contribution is 9.10. The van der Waals surface area contributed by atoms with Crippen molar-refractivity contribution in [3.8, 4) is 5.75 Å². The molecule has 3 nitrogen and oxygen atoms in total. The first-order chi connectivity index (χ1) is 8.54. The van der Waals surface area contributed by atoms with Crippen molar-refractivity contribution in [2.24, 2.45) is 0 Å². The molecule has 0 heterocycles. The van der Waals surface area contributed by atoms with Crippen LogP contribution in [0.15, 0.2) is 22.7 Å². The summed E-state index contributed by atoms with van der Waals surface area (Å²) >= 11 is 3.49. The van der Waals surface area contributed by atoms with E-state index < -0.39 is 0 Å². The fourth-order valence-corrected chi connectivity index (χ4v) is 2.05. The van der Waals surface area contributed by atoms with Crippen molar-refractivity contribution in [1.82, 2.24) is 10.2 Å². The molecule has 102 valence electrons. The number of halogens is 1. The molecule has 0 fully saturated rings. The van der Waals surface area contributed by atoms with Crippen molar-refractivity contribution >= 4 is 15.9 Å². The lowest BCUT2D eigenvalue weighted by Gasteiger charge is -2.17. The summed E-state index contributed by atoms with van der Waals surface area (Å²) in [5.41, 5.74) is 1.20. The first-order valence-electron chi connectivity index (χ1n) is 6.29. The molecule has 1 aromatic rings. The molecule has 1 aromatic carbocycles. The molecule has 4 heteroatoms. The van der Waals surface area contributed by atoms with Crippen LogP contribution in [0.4, 0.5) is 0 Å². The van der Waals surface area contributed by atoms with E-state index >= 15 is 0 Å². The summed E-state index contributed by atoms with van der Waals surface area (Å²) in [5, 5.41) is 3.25. The van der Waals surface area contributed by atoms with Gasteiger partial charge in [0.05, 0.1) is 6.61 Å². The van der Waals surface area contributed by atoms with E-state index in [1.807, 2.05) is 13.1 Å². The number of nitrogens with zero attached hydrogens (tertiary/aromatic N) is 1. The number of ether oxygens (including phenoxy) is 1. The van der Waals surface area contributed by atoms with E-state index in [4.69, 9.17) is 4.74 Å². The largest absolute Gasteiger partial charge is 0.493 e. The SMILES string of the molecule is CNC(C)c1ccc(Br)cc1OCCCN(C)C. The van der Waals surface area contributed by atoms with Crippen LogP contribution in [0, 0.1) is 0 Å². The van der Waals surface area contributed by atoms with Crippen molar-refractivity contribution in [3.63, 3.8) is 0 Å². The molecule has 0 amide bonds. The molecule has 0 bridgehead atoms. The molecular formula is C14H23BrN2O. The first kappa shape index (κ1) is 15.5. The molecule has 1 rings (SSSR count). The lowest BCUT2D eigenvalue weighted by Crippen LogP contribution is -2.17. The minimum absolute atomic E-state index is 0.293. The van der Waals surface area contributed by atoms with Crippen LogP contribution in [0.1, 0.15) is 24.9 Å². The molecule has 0 aliphatic rings. The number of rotatable bonds is 7. The fourth-order valence-electron chi connectivity index (χ4n) is 1.71. The minimum atomic E-state index is 0.293. The fraction of sp³-hybridized carbons (Fsp3) is 0.571. The van der Waals surface area contributed by atoms with Crippen LogP contribution >= 0.6 is 15.9 Å². The Kier molecular flexibility index (Phi) is 6.68. The van der Waals surface area contributed by atoms with Gasteiger partial charge in [-0.05, 0) is 46.6 Å². The van der Waals surface area contributed by atoms with Gasteiger partial charge < -0.3 is 15.0 Å². The van der Waals surface area contributed by atoms with Crippen molar-refractivity contribution in [3.05, 3.63) is 28.2 Å². The van der Waals surface area contributed by atoms with Gasteiger partial charge in [-0.25, -0.2) is 0 Å². The summed E-state index contributed by atoms with van der Waals surface area (Å²) in [4.78, 5) is 2.17. The molecule has 1 N–H and O–H groups in total. The van der Waals surface area contributed by atoms with Gasteiger partial charge in [-0.2, -0.15) is 0 Å². The van der Waals surface area contributed by atoms with Crippen LogP contribution in [0.5, 0.6) is 5.75 Å². The lowest BCUT2D eigenvalue weighted by atomic mass is 10.1. The molecule has 0 aliphatic carbocycles. The van der Waals surface area contributed by atoms with Crippen LogP contribution in [-0.2, 0) is 0 Å². The van der Waals surface area contributed by atoms with Crippen LogP contribution in [-0.4, -0.2) is 39.2 Å². The molecule has 0 radical (unpaired) electrons. The third-order valence-corrected chi connectivity index (χ3v) is 3.38. The third kappa shape index (κ3) is 4.96. The van der Waals surface area contributed by atoms with E-state index in [-0.39, 0.29) is 0 Å². The van der Waals surface area contributed by atoms with Gasteiger partial charge in [0.15, 0.2) is 0 Å². The Bertz CT molecular complexity index is 369. The topological polar surface area (TPSA) is 24.5 Å². The molecule has 1 atom stereocenters. The predicted octanol–water partition coefficient (Wildman–Crippen LogP) is 3.06. The Hall–Kier alpha value is -0.580. The molecule has 0 aliphatic heterocycles. The molecule has 0 saturated heterocycles. The second kappa shape index (κ2) is 7.77. The summed E-state index contributed by atoms with van der Waals surface area (Å²) in [5.74, 6) is 0.963. The second-order valence-electron chi connectivity index (χ2n) is 4.70. The minimum Gasteiger partial charge on any atom is -0.493 e. The molecular weight excluding hydrogens is 292 g/mol. The van der Waals surface area contributed by atoms with E-state index in [0.717, 1.165) is 29.8 Å². The normalized spacial score (nSPS) is 12.8. The molecule has 1 unspecified atom stereocenters. The van der Waals surface area contributed by atoms with Gasteiger partial charge in [-0.15, -0.1) is 0 Å². The van der Waals surface area contributed by atoms with Gasteiger partial charge in [0, 0.05) is 22.6 Å². The number of nitrogens with one attached hydrogen (secondary N) is 1. The van der Waals surface area contributed by atoms with Crippen molar-refractivity contribution in [2.45, 2.75) is 19.4 Å². The molecule has 0 aromatic heterocycles. The van der Waals surface area contributed by atoms with Gasteiger partial charge in [0.1, 0.15) is 5.75 Å². The predicted molar refractivity (Wildman–Crippen MR) is 80.3 cm³/mol. The molecule has 0 saturated carbocycles. The Morgan fingerprint density at radius 3 is 2.72 bits per heavy atom. The van der Waals surface area contributed by atoms with E-state index in [2.05, 4.69) is 59.3 Å². The zero-order chi connectivity index (χ0) is 13.5. The highest BCUT2D eigenvalue weighted by Gasteiger charge is 2.10. The average molecular weight is 315 g/mol. The van der Waals surface area contributed by atoms with Gasteiger partial charge in [-0.3, -0.25) is 0 Å². The zero-order valence-electron chi connectivity index (χ0n) is 11.7. The smallest absolute Gasteiger partial charge is 0.125 e. The van der Waals surface area contributed by atoms with E-state index in [0.29, 0.717) is 6.04 Å². The van der Waals surface area contributed by atoms with Crippen molar-refractivity contribution in [2.75, 3.05) is 34.3 Å². The van der Waals surface area contributed by atoms with Gasteiger partial charge >= 0.3 is 0 Å². The van der Waals surface area contributed by atoms with Gasteiger partial charge in [0.2, 0.25) is 0 Å². The Balaban J connectivity index is 2.64. The second-order valence-corrected chi connectivity index (χ2v) is 5.61. The highest BCUT2D eigenvalue weighted by atomic mass is 79.9. The van der Waals surface area contributed by atoms with Crippen molar-refractivity contribution in [1.29, 1.82) is 0 Å². The number of benzene rings is 1. The first-order valence-corrected chi connectivity index (χ1v) is 7.08. The average Bonchev–Trinajstić information content (AvgIpc) is 2.33. The Morgan fingerprint density at radius 1 is 1.39 bits per heavy atom. The Morgan fingerprint density at radius 2 is 2.11 bits per heavy atom. The highest BCUT2D eigenvalue weighted by Crippen LogP contribution is 2.28. The Labute approximate surface area is 119 Å². The maximum Gasteiger partial charge on any atom is 0.125 e. The van der Waals surface area contributed by atoms with Crippen molar-refractivity contribution < 1.29 is 4.74 Å². The maximum atomic E-state index is 5.89. The number of hydrogen-bond donors (Lipinski definition) is 1.